The second-order valence-electron chi connectivity index (χ2n) is 7.76. The molecule has 0 aliphatic carbocycles. The van der Waals surface area contributed by atoms with E-state index in [9.17, 15) is 9.59 Å². The van der Waals surface area contributed by atoms with E-state index in [1.807, 2.05) is 36.4 Å². The van der Waals surface area contributed by atoms with Crippen LogP contribution in [0.15, 0.2) is 95.1 Å². The zero-order valence-electron chi connectivity index (χ0n) is 17.8. The SMILES string of the molecule is O=C1N/C(=C/c2cc(Br)ccc2OCc2ccc3ccccc3c2)C(=O)N1c1ccc(Cl)cc1. The van der Waals surface area contributed by atoms with Gasteiger partial charge in [0.15, 0.2) is 0 Å². The van der Waals surface area contributed by atoms with Crippen molar-refractivity contribution in [3.63, 3.8) is 0 Å². The highest BCUT2D eigenvalue weighted by atomic mass is 79.9. The van der Waals surface area contributed by atoms with Crippen LogP contribution >= 0.6 is 27.5 Å². The lowest BCUT2D eigenvalue weighted by atomic mass is 10.1. The first-order valence-corrected chi connectivity index (χ1v) is 11.7. The Labute approximate surface area is 209 Å². The van der Waals surface area contributed by atoms with Crippen molar-refractivity contribution in [3.8, 4) is 5.75 Å². The van der Waals surface area contributed by atoms with Crippen molar-refractivity contribution in [2.24, 2.45) is 0 Å². The number of ether oxygens (including phenoxy) is 1. The van der Waals surface area contributed by atoms with Gasteiger partial charge in [-0.15, -0.1) is 0 Å². The van der Waals surface area contributed by atoms with Gasteiger partial charge in [-0.25, -0.2) is 9.69 Å². The van der Waals surface area contributed by atoms with Gasteiger partial charge in [0, 0.05) is 15.1 Å². The minimum absolute atomic E-state index is 0.161. The van der Waals surface area contributed by atoms with Crippen molar-refractivity contribution in [2.75, 3.05) is 4.90 Å². The van der Waals surface area contributed by atoms with Gasteiger partial charge in [0.1, 0.15) is 18.1 Å². The van der Waals surface area contributed by atoms with Crippen LogP contribution in [0.4, 0.5) is 10.5 Å². The second kappa shape index (κ2) is 9.33. The van der Waals surface area contributed by atoms with E-state index in [4.69, 9.17) is 16.3 Å². The molecule has 168 valence electrons. The Morgan fingerprint density at radius 2 is 1.68 bits per heavy atom. The van der Waals surface area contributed by atoms with Crippen LogP contribution in [0.2, 0.25) is 5.02 Å². The summed E-state index contributed by atoms with van der Waals surface area (Å²) in [7, 11) is 0. The van der Waals surface area contributed by atoms with Crippen molar-refractivity contribution >= 4 is 62.0 Å². The number of hydrogen-bond donors (Lipinski definition) is 1. The molecule has 1 fully saturated rings. The van der Waals surface area contributed by atoms with Crippen molar-refractivity contribution < 1.29 is 14.3 Å². The number of benzene rings is 4. The molecule has 0 unspecified atom stereocenters. The zero-order chi connectivity index (χ0) is 23.7. The van der Waals surface area contributed by atoms with Crippen molar-refractivity contribution in [1.29, 1.82) is 0 Å². The molecular weight excluding hydrogens is 516 g/mol. The first-order chi connectivity index (χ1) is 16.5. The number of nitrogens with zero attached hydrogens (tertiary/aromatic N) is 1. The molecule has 0 atom stereocenters. The third-order valence-electron chi connectivity index (χ3n) is 5.44. The van der Waals surface area contributed by atoms with Gasteiger partial charge in [-0.05, 0) is 70.9 Å². The van der Waals surface area contributed by atoms with Crippen LogP contribution < -0.4 is 15.0 Å². The molecule has 4 aromatic carbocycles. The maximum atomic E-state index is 13.0. The predicted octanol–water partition coefficient (Wildman–Crippen LogP) is 6.93. The zero-order valence-corrected chi connectivity index (χ0v) is 20.1. The molecule has 1 saturated heterocycles. The second-order valence-corrected chi connectivity index (χ2v) is 9.11. The molecule has 0 spiro atoms. The predicted molar refractivity (Wildman–Crippen MR) is 138 cm³/mol. The van der Waals surface area contributed by atoms with Crippen molar-refractivity contribution in [3.05, 3.63) is 111 Å². The number of fused-ring (bicyclic) bond motifs is 1. The summed E-state index contributed by atoms with van der Waals surface area (Å²) in [5.74, 6) is 0.142. The van der Waals surface area contributed by atoms with Gasteiger partial charge in [0.25, 0.3) is 5.91 Å². The van der Waals surface area contributed by atoms with E-state index in [-0.39, 0.29) is 5.70 Å². The summed E-state index contributed by atoms with van der Waals surface area (Å²) in [4.78, 5) is 26.6. The number of nitrogens with one attached hydrogen (secondary N) is 1. The summed E-state index contributed by atoms with van der Waals surface area (Å²) in [5, 5.41) is 5.48. The van der Waals surface area contributed by atoms with Crippen LogP contribution in [-0.2, 0) is 11.4 Å². The molecule has 5 rings (SSSR count). The Morgan fingerprint density at radius 1 is 0.912 bits per heavy atom. The molecule has 1 aliphatic rings. The van der Waals surface area contributed by atoms with Gasteiger partial charge in [0.05, 0.1) is 5.69 Å². The molecule has 5 nitrogen and oxygen atoms in total. The highest BCUT2D eigenvalue weighted by Crippen LogP contribution is 2.29. The normalized spacial score (nSPS) is 14.6. The standard InChI is InChI=1S/C27H18BrClN2O3/c28-21-7-12-25(34-16-17-5-6-18-3-1-2-4-19(18)13-17)20(14-21)15-24-26(32)31(27(33)30-24)23-10-8-22(29)9-11-23/h1-15H,16H2,(H,30,33)/b24-15+. The minimum atomic E-state index is -0.521. The molecule has 0 aromatic heterocycles. The largest absolute Gasteiger partial charge is 0.488 e. The number of urea groups is 1. The Kier molecular flexibility index (Phi) is 6.09. The van der Waals surface area contributed by atoms with Crippen molar-refractivity contribution in [1.82, 2.24) is 5.32 Å². The summed E-state index contributed by atoms with van der Waals surface area (Å²) in [6.45, 7) is 0.361. The number of hydrogen-bond acceptors (Lipinski definition) is 3. The molecule has 0 bridgehead atoms. The fraction of sp³-hybridized carbons (Fsp3) is 0.0370. The monoisotopic (exact) mass is 532 g/mol. The number of rotatable bonds is 5. The molecule has 0 saturated carbocycles. The Morgan fingerprint density at radius 3 is 2.47 bits per heavy atom. The highest BCUT2D eigenvalue weighted by Gasteiger charge is 2.35. The first-order valence-electron chi connectivity index (χ1n) is 10.5. The molecular formula is C27H18BrClN2O3. The lowest BCUT2D eigenvalue weighted by Crippen LogP contribution is -2.30. The number of amides is 3. The van der Waals surface area contributed by atoms with Gasteiger partial charge >= 0.3 is 6.03 Å². The smallest absolute Gasteiger partial charge is 0.333 e. The van der Waals surface area contributed by atoms with Gasteiger partial charge in [-0.3, -0.25) is 4.79 Å². The van der Waals surface area contributed by atoms with E-state index in [0.29, 0.717) is 28.6 Å². The third kappa shape index (κ3) is 4.55. The Bertz CT molecular complexity index is 1450. The van der Waals surface area contributed by atoms with Gasteiger partial charge in [0.2, 0.25) is 0 Å². The summed E-state index contributed by atoms with van der Waals surface area (Å²) in [6.07, 6.45) is 1.62. The average Bonchev–Trinajstić information content (AvgIpc) is 3.11. The minimum Gasteiger partial charge on any atom is -0.488 e. The fourth-order valence-electron chi connectivity index (χ4n) is 3.77. The lowest BCUT2D eigenvalue weighted by molar-refractivity contribution is -0.113. The third-order valence-corrected chi connectivity index (χ3v) is 6.19. The number of imide groups is 1. The molecule has 1 N–H and O–H groups in total. The lowest BCUT2D eigenvalue weighted by Gasteiger charge is -2.12. The molecule has 7 heteroatoms. The summed E-state index contributed by atoms with van der Waals surface area (Å²) in [5.41, 5.74) is 2.29. The maximum Gasteiger partial charge on any atom is 0.333 e. The Balaban J connectivity index is 1.40. The van der Waals surface area contributed by atoms with Gasteiger partial charge in [-0.2, -0.15) is 0 Å². The van der Waals surface area contributed by atoms with Gasteiger partial charge < -0.3 is 10.1 Å². The van der Waals surface area contributed by atoms with Crippen LogP contribution in [0.5, 0.6) is 5.75 Å². The number of halogens is 2. The topological polar surface area (TPSA) is 58.6 Å². The van der Waals surface area contributed by atoms with E-state index < -0.39 is 11.9 Å². The van der Waals surface area contributed by atoms with Crippen LogP contribution in [0, 0.1) is 0 Å². The number of carbonyl (C=O) groups is 2. The van der Waals surface area contributed by atoms with E-state index >= 15 is 0 Å². The molecule has 1 aliphatic heterocycles. The highest BCUT2D eigenvalue weighted by molar-refractivity contribution is 9.10. The van der Waals surface area contributed by atoms with Crippen LogP contribution in [0.1, 0.15) is 11.1 Å². The fourth-order valence-corrected chi connectivity index (χ4v) is 4.27. The molecule has 3 amide bonds. The first kappa shape index (κ1) is 22.2. The molecule has 4 aromatic rings. The molecule has 34 heavy (non-hydrogen) atoms. The molecule has 1 heterocycles. The number of carbonyl (C=O) groups excluding carboxylic acids is 2. The number of anilines is 1. The summed E-state index contributed by atoms with van der Waals surface area (Å²) < 4.78 is 6.93. The quantitative estimate of drug-likeness (QED) is 0.223. The van der Waals surface area contributed by atoms with E-state index in [1.54, 1.807) is 30.3 Å². The van der Waals surface area contributed by atoms with E-state index in [2.05, 4.69) is 45.5 Å². The van der Waals surface area contributed by atoms with E-state index in [1.165, 1.54) is 5.39 Å². The Hall–Kier alpha value is -3.61. The van der Waals surface area contributed by atoms with Crippen LogP contribution in [0.3, 0.4) is 0 Å². The summed E-state index contributed by atoms with van der Waals surface area (Å²) >= 11 is 9.40. The van der Waals surface area contributed by atoms with Crippen LogP contribution in [-0.4, -0.2) is 11.9 Å². The van der Waals surface area contributed by atoms with Crippen molar-refractivity contribution in [2.45, 2.75) is 6.61 Å². The average molecular weight is 534 g/mol. The molecule has 0 radical (unpaired) electrons. The summed E-state index contributed by atoms with van der Waals surface area (Å²) in [6, 6.07) is 25.9. The van der Waals surface area contributed by atoms with Gasteiger partial charge in [-0.1, -0.05) is 63.9 Å². The van der Waals surface area contributed by atoms with Crippen LogP contribution in [0.25, 0.3) is 16.8 Å². The maximum absolute atomic E-state index is 13.0. The van der Waals surface area contributed by atoms with E-state index in [0.717, 1.165) is 20.3 Å².